The van der Waals surface area contributed by atoms with Crippen molar-refractivity contribution in [2.24, 2.45) is 0 Å². The second kappa shape index (κ2) is 49.0. The van der Waals surface area contributed by atoms with Crippen LogP contribution < -0.4 is 5.32 Å². The number of nitrogens with one attached hydrogen (secondary N) is 1. The Hall–Kier alpha value is -1.59. The molecule has 1 saturated heterocycles. The molecule has 9 heteroatoms. The number of aliphatic hydroxyl groups excluding tert-OH is 5. The normalized spacial score (nSPS) is 19.8. The molecule has 1 rings (SSSR count). The Morgan fingerprint density at radius 3 is 1.24 bits per heavy atom. The van der Waals surface area contributed by atoms with E-state index in [4.69, 9.17) is 9.47 Å². The molecule has 0 aromatic rings. The number of hydrogen-bond donors (Lipinski definition) is 6. The molecule has 400 valence electrons. The van der Waals surface area contributed by atoms with Gasteiger partial charge in [0.05, 0.1) is 25.4 Å². The first-order chi connectivity index (χ1) is 33.3. The molecule has 9 nitrogen and oxygen atoms in total. The standard InChI is InChI=1S/C59H111NO8/c1-3-5-7-9-11-13-15-17-18-19-20-21-22-23-24-25-26-27-28-29-30-31-32-33-34-35-37-39-41-43-45-47-49-55(63)60-52(51-67-59-58(66)57(65)56(64)54(50-61)68-59)53(62)48-46-44-42-40-38-36-16-14-12-10-8-6-4-2/h23-24,38,40,46,48,52-54,56-59,61-62,64-66H,3-22,25-37,39,41-45,47,49-51H2,1-2H3,(H,60,63)/b24-23-,40-38+,48-46+. The molecule has 0 aromatic carbocycles. The number of carbonyl (C=O) groups excluding carboxylic acids is 1. The summed E-state index contributed by atoms with van der Waals surface area (Å²) in [5, 5.41) is 54.3. The second-order valence-electron chi connectivity index (χ2n) is 20.4. The van der Waals surface area contributed by atoms with E-state index in [1.54, 1.807) is 6.08 Å². The Morgan fingerprint density at radius 2 is 0.838 bits per heavy atom. The van der Waals surface area contributed by atoms with Gasteiger partial charge in [-0.1, -0.05) is 249 Å². The van der Waals surface area contributed by atoms with Gasteiger partial charge in [0, 0.05) is 6.42 Å². The third-order valence-electron chi connectivity index (χ3n) is 13.9. The van der Waals surface area contributed by atoms with Crippen LogP contribution in [0.25, 0.3) is 0 Å². The van der Waals surface area contributed by atoms with Crippen molar-refractivity contribution >= 4 is 5.91 Å². The molecule has 7 unspecified atom stereocenters. The summed E-state index contributed by atoms with van der Waals surface area (Å²) >= 11 is 0. The summed E-state index contributed by atoms with van der Waals surface area (Å²) in [5.41, 5.74) is 0. The third kappa shape index (κ3) is 38.1. The van der Waals surface area contributed by atoms with Gasteiger partial charge < -0.3 is 40.3 Å². The SMILES string of the molecule is CCCCCCCCC/C=C/CC/C=C/C(O)C(COC1OC(CO)C(O)C(O)C1O)NC(=O)CCCCCCCCCCCCCCCCCC/C=C\CCCCCCCCCCCCCC. The first-order valence-corrected chi connectivity index (χ1v) is 29.2. The van der Waals surface area contributed by atoms with Crippen LogP contribution in [-0.2, 0) is 14.3 Å². The molecule has 1 amide bonds. The van der Waals surface area contributed by atoms with Crippen LogP contribution >= 0.6 is 0 Å². The van der Waals surface area contributed by atoms with Crippen molar-refractivity contribution < 1.29 is 39.8 Å². The van der Waals surface area contributed by atoms with Crippen LogP contribution in [0.15, 0.2) is 36.5 Å². The van der Waals surface area contributed by atoms with E-state index in [9.17, 15) is 30.3 Å². The van der Waals surface area contributed by atoms with Crippen molar-refractivity contribution in [3.05, 3.63) is 36.5 Å². The van der Waals surface area contributed by atoms with E-state index in [1.807, 2.05) is 6.08 Å². The highest BCUT2D eigenvalue weighted by Gasteiger charge is 2.44. The molecule has 1 fully saturated rings. The monoisotopic (exact) mass is 962 g/mol. The van der Waals surface area contributed by atoms with Crippen LogP contribution in [0.4, 0.5) is 0 Å². The first kappa shape index (κ1) is 64.4. The molecule has 0 aromatic heterocycles. The average molecular weight is 963 g/mol. The maximum Gasteiger partial charge on any atom is 0.220 e. The van der Waals surface area contributed by atoms with E-state index in [1.165, 1.54) is 218 Å². The van der Waals surface area contributed by atoms with Gasteiger partial charge in [-0.2, -0.15) is 0 Å². The summed E-state index contributed by atoms with van der Waals surface area (Å²) in [6.07, 6.45) is 56.6. The number of hydrogen-bond acceptors (Lipinski definition) is 8. The summed E-state index contributed by atoms with van der Waals surface area (Å²) in [7, 11) is 0. The molecule has 1 aliphatic heterocycles. The zero-order chi connectivity index (χ0) is 49.4. The molecular formula is C59H111NO8. The minimum Gasteiger partial charge on any atom is -0.394 e. The zero-order valence-corrected chi connectivity index (χ0v) is 44.4. The molecule has 7 atom stereocenters. The largest absolute Gasteiger partial charge is 0.394 e. The Balaban J connectivity index is 2.12. The van der Waals surface area contributed by atoms with Crippen LogP contribution in [0.3, 0.4) is 0 Å². The lowest BCUT2D eigenvalue weighted by Gasteiger charge is -2.40. The summed E-state index contributed by atoms with van der Waals surface area (Å²) in [5.74, 6) is -0.184. The van der Waals surface area contributed by atoms with E-state index >= 15 is 0 Å². The highest BCUT2D eigenvalue weighted by molar-refractivity contribution is 5.76. The average Bonchev–Trinajstić information content (AvgIpc) is 3.34. The van der Waals surface area contributed by atoms with E-state index < -0.39 is 49.5 Å². The molecule has 0 spiro atoms. The van der Waals surface area contributed by atoms with E-state index in [0.717, 1.165) is 38.5 Å². The molecule has 1 aliphatic rings. The smallest absolute Gasteiger partial charge is 0.220 e. The lowest BCUT2D eigenvalue weighted by molar-refractivity contribution is -0.302. The van der Waals surface area contributed by atoms with Crippen molar-refractivity contribution in [1.29, 1.82) is 0 Å². The fraction of sp³-hybridized carbons (Fsp3) is 0.881. The van der Waals surface area contributed by atoms with Crippen molar-refractivity contribution in [2.75, 3.05) is 13.2 Å². The zero-order valence-electron chi connectivity index (χ0n) is 44.4. The number of allylic oxidation sites excluding steroid dienone is 5. The molecule has 0 aliphatic carbocycles. The molecule has 0 bridgehead atoms. The Bertz CT molecular complexity index is 1160. The fourth-order valence-corrected chi connectivity index (χ4v) is 9.29. The predicted octanol–water partition coefficient (Wildman–Crippen LogP) is 14.4. The van der Waals surface area contributed by atoms with Gasteiger partial charge >= 0.3 is 0 Å². The van der Waals surface area contributed by atoms with E-state index in [0.29, 0.717) is 6.42 Å². The highest BCUT2D eigenvalue weighted by Crippen LogP contribution is 2.23. The van der Waals surface area contributed by atoms with Crippen LogP contribution in [0.5, 0.6) is 0 Å². The molecule has 6 N–H and O–H groups in total. The van der Waals surface area contributed by atoms with Gasteiger partial charge in [0.1, 0.15) is 24.4 Å². The molecular weight excluding hydrogens is 851 g/mol. The third-order valence-corrected chi connectivity index (χ3v) is 13.9. The van der Waals surface area contributed by atoms with Gasteiger partial charge in [-0.15, -0.1) is 0 Å². The minimum absolute atomic E-state index is 0.184. The number of carbonyl (C=O) groups is 1. The lowest BCUT2D eigenvalue weighted by Crippen LogP contribution is -2.60. The number of amides is 1. The fourth-order valence-electron chi connectivity index (χ4n) is 9.29. The summed E-state index contributed by atoms with van der Waals surface area (Å²) < 4.78 is 11.2. The van der Waals surface area contributed by atoms with Gasteiger partial charge in [0.25, 0.3) is 0 Å². The molecule has 0 radical (unpaired) electrons. The maximum absolute atomic E-state index is 13.0. The first-order valence-electron chi connectivity index (χ1n) is 29.2. The van der Waals surface area contributed by atoms with Crippen molar-refractivity contribution in [3.63, 3.8) is 0 Å². The topological polar surface area (TPSA) is 149 Å². The Labute approximate surface area is 419 Å². The quantitative estimate of drug-likeness (QED) is 0.0261. The van der Waals surface area contributed by atoms with E-state index in [2.05, 4.69) is 43.5 Å². The molecule has 0 saturated carbocycles. The van der Waals surface area contributed by atoms with Crippen molar-refractivity contribution in [2.45, 2.75) is 320 Å². The van der Waals surface area contributed by atoms with Gasteiger partial charge in [0.15, 0.2) is 6.29 Å². The van der Waals surface area contributed by atoms with Gasteiger partial charge in [0.2, 0.25) is 5.91 Å². The summed E-state index contributed by atoms with van der Waals surface area (Å²) in [6, 6.07) is -0.819. The second-order valence-corrected chi connectivity index (χ2v) is 20.4. The number of aliphatic hydroxyl groups is 5. The number of ether oxygens (including phenoxy) is 2. The molecule has 68 heavy (non-hydrogen) atoms. The van der Waals surface area contributed by atoms with Crippen LogP contribution in [0.1, 0.15) is 277 Å². The minimum atomic E-state index is -1.57. The van der Waals surface area contributed by atoms with E-state index in [-0.39, 0.29) is 12.5 Å². The van der Waals surface area contributed by atoms with Crippen molar-refractivity contribution in [1.82, 2.24) is 5.32 Å². The lowest BCUT2D eigenvalue weighted by atomic mass is 9.99. The Morgan fingerprint density at radius 1 is 0.485 bits per heavy atom. The highest BCUT2D eigenvalue weighted by atomic mass is 16.7. The number of unbranched alkanes of at least 4 members (excludes halogenated alkanes) is 36. The molecule has 1 heterocycles. The summed E-state index contributed by atoms with van der Waals surface area (Å²) in [4.78, 5) is 13.0. The Kier molecular flexibility index (Phi) is 46.4. The van der Waals surface area contributed by atoms with Gasteiger partial charge in [-0.05, 0) is 57.8 Å². The predicted molar refractivity (Wildman–Crippen MR) is 286 cm³/mol. The van der Waals surface area contributed by atoms with Gasteiger partial charge in [-0.3, -0.25) is 4.79 Å². The van der Waals surface area contributed by atoms with Crippen molar-refractivity contribution in [3.8, 4) is 0 Å². The maximum atomic E-state index is 13.0. The summed E-state index contributed by atoms with van der Waals surface area (Å²) in [6.45, 7) is 3.77. The van der Waals surface area contributed by atoms with Crippen LogP contribution in [0, 0.1) is 0 Å². The van der Waals surface area contributed by atoms with Gasteiger partial charge in [-0.25, -0.2) is 0 Å². The van der Waals surface area contributed by atoms with Crippen LogP contribution in [-0.4, -0.2) is 87.5 Å². The van der Waals surface area contributed by atoms with Crippen LogP contribution in [0.2, 0.25) is 0 Å². The number of rotatable bonds is 50.